The van der Waals surface area contributed by atoms with Gasteiger partial charge in [0, 0.05) is 25.4 Å². The van der Waals surface area contributed by atoms with Crippen LogP contribution in [0.4, 0.5) is 17.5 Å². The van der Waals surface area contributed by atoms with Crippen molar-refractivity contribution in [3.8, 4) is 10.6 Å². The zero-order valence-electron chi connectivity index (χ0n) is 19.0. The first-order chi connectivity index (χ1) is 16.1. The van der Waals surface area contributed by atoms with Crippen LogP contribution in [-0.4, -0.2) is 33.2 Å². The molecule has 0 aliphatic heterocycles. The van der Waals surface area contributed by atoms with Crippen molar-refractivity contribution in [2.24, 2.45) is 5.92 Å². The van der Waals surface area contributed by atoms with Crippen LogP contribution >= 0.6 is 11.3 Å². The number of fused-ring (bicyclic) bond motifs is 1. The molecule has 0 saturated carbocycles. The van der Waals surface area contributed by atoms with Crippen LogP contribution < -0.4 is 16.4 Å². The van der Waals surface area contributed by atoms with E-state index in [1.54, 1.807) is 11.3 Å². The van der Waals surface area contributed by atoms with Crippen molar-refractivity contribution in [1.82, 2.24) is 15.0 Å². The van der Waals surface area contributed by atoms with Gasteiger partial charge in [-0.1, -0.05) is 37.6 Å². The number of para-hydroxylation sites is 1. The number of benzene rings is 2. The van der Waals surface area contributed by atoms with Crippen molar-refractivity contribution in [2.45, 2.75) is 33.2 Å². The van der Waals surface area contributed by atoms with Gasteiger partial charge in [-0.25, -0.2) is 9.97 Å². The first-order valence-electron chi connectivity index (χ1n) is 11.2. The van der Waals surface area contributed by atoms with E-state index in [2.05, 4.69) is 23.6 Å². The lowest BCUT2D eigenvalue weighted by Gasteiger charge is -2.16. The number of hydrogen-bond donors (Lipinski definition) is 4. The molecule has 0 bridgehead atoms. The standard InChI is InChI=1S/C25H30N6OS/c1-3-17(15-32)11-12-27-23-22(24-30-20-9-4-5-10-21(20)33-24)16(2)29-25(31-23)28-14-18-7-6-8-19(26)13-18/h4-10,13,17,32H,3,11-12,14-15,26H2,1-2H3,(H2,27,28,29,31). The SMILES string of the molecule is CCC(CO)CCNc1nc(NCc2cccc(N)c2)nc(C)c1-c1nc2ccccc2s1. The summed E-state index contributed by atoms with van der Waals surface area (Å²) >= 11 is 1.64. The molecule has 1 unspecified atom stereocenters. The predicted molar refractivity (Wildman–Crippen MR) is 138 cm³/mol. The zero-order chi connectivity index (χ0) is 23.2. The molecule has 2 heterocycles. The third kappa shape index (κ3) is 5.58. The normalized spacial score (nSPS) is 12.1. The third-order valence-electron chi connectivity index (χ3n) is 5.68. The number of anilines is 3. The molecule has 0 aliphatic rings. The Morgan fingerprint density at radius 1 is 1.06 bits per heavy atom. The van der Waals surface area contributed by atoms with E-state index in [4.69, 9.17) is 20.7 Å². The van der Waals surface area contributed by atoms with Gasteiger partial charge in [0.1, 0.15) is 10.8 Å². The lowest BCUT2D eigenvalue weighted by atomic mass is 10.0. The second-order valence-corrected chi connectivity index (χ2v) is 9.14. The number of nitrogens with two attached hydrogens (primary N) is 1. The highest BCUT2D eigenvalue weighted by atomic mass is 32.1. The Balaban J connectivity index is 1.63. The summed E-state index contributed by atoms with van der Waals surface area (Å²) in [5, 5.41) is 17.2. The fourth-order valence-electron chi connectivity index (χ4n) is 3.72. The smallest absolute Gasteiger partial charge is 0.225 e. The summed E-state index contributed by atoms with van der Waals surface area (Å²) in [4.78, 5) is 14.4. The number of hydrogen-bond acceptors (Lipinski definition) is 8. The highest BCUT2D eigenvalue weighted by molar-refractivity contribution is 7.21. The average molecular weight is 463 g/mol. The molecule has 2 aromatic heterocycles. The second-order valence-electron chi connectivity index (χ2n) is 8.11. The second kappa shape index (κ2) is 10.6. The fraction of sp³-hybridized carbons (Fsp3) is 0.320. The van der Waals surface area contributed by atoms with Crippen LogP contribution in [0.15, 0.2) is 48.5 Å². The minimum atomic E-state index is 0.193. The number of aryl methyl sites for hydroxylation is 1. The summed E-state index contributed by atoms with van der Waals surface area (Å²) in [7, 11) is 0. The van der Waals surface area contributed by atoms with Crippen LogP contribution in [0.1, 0.15) is 31.0 Å². The maximum absolute atomic E-state index is 9.54. The monoisotopic (exact) mass is 462 g/mol. The van der Waals surface area contributed by atoms with Crippen LogP contribution in [0.5, 0.6) is 0 Å². The van der Waals surface area contributed by atoms with E-state index in [1.807, 2.05) is 49.4 Å². The number of aliphatic hydroxyl groups is 1. The van der Waals surface area contributed by atoms with Gasteiger partial charge >= 0.3 is 0 Å². The lowest BCUT2D eigenvalue weighted by Crippen LogP contribution is -2.14. The molecule has 5 N–H and O–H groups in total. The van der Waals surface area contributed by atoms with E-state index in [1.165, 1.54) is 0 Å². The van der Waals surface area contributed by atoms with Gasteiger partial charge in [0.2, 0.25) is 5.95 Å². The number of nitrogens with one attached hydrogen (secondary N) is 2. The molecule has 7 nitrogen and oxygen atoms in total. The van der Waals surface area contributed by atoms with E-state index in [0.29, 0.717) is 19.0 Å². The molecule has 0 amide bonds. The van der Waals surface area contributed by atoms with Gasteiger partial charge < -0.3 is 21.5 Å². The van der Waals surface area contributed by atoms with E-state index in [-0.39, 0.29) is 12.5 Å². The number of rotatable bonds is 10. The van der Waals surface area contributed by atoms with Gasteiger partial charge in [0.05, 0.1) is 21.5 Å². The van der Waals surface area contributed by atoms with Gasteiger partial charge in [0.25, 0.3) is 0 Å². The first-order valence-corrected chi connectivity index (χ1v) is 12.1. The Hall–Kier alpha value is -3.23. The molecule has 0 spiro atoms. The van der Waals surface area contributed by atoms with E-state index in [0.717, 1.165) is 56.4 Å². The number of nitrogen functional groups attached to an aromatic ring is 1. The minimum Gasteiger partial charge on any atom is -0.399 e. The Morgan fingerprint density at radius 3 is 2.67 bits per heavy atom. The summed E-state index contributed by atoms with van der Waals surface area (Å²) in [6, 6.07) is 15.9. The Morgan fingerprint density at radius 2 is 1.91 bits per heavy atom. The molecular weight excluding hydrogens is 432 g/mol. The quantitative estimate of drug-likeness (QED) is 0.243. The fourth-order valence-corrected chi connectivity index (χ4v) is 4.78. The highest BCUT2D eigenvalue weighted by Crippen LogP contribution is 2.36. The van der Waals surface area contributed by atoms with Crippen molar-refractivity contribution in [3.63, 3.8) is 0 Å². The molecule has 0 fully saturated rings. The number of thiazole rings is 1. The molecule has 0 aliphatic carbocycles. The molecule has 1 atom stereocenters. The molecule has 0 saturated heterocycles. The molecule has 4 rings (SSSR count). The highest BCUT2D eigenvalue weighted by Gasteiger charge is 2.18. The molecule has 2 aromatic carbocycles. The van der Waals surface area contributed by atoms with Gasteiger partial charge in [0.15, 0.2) is 0 Å². The van der Waals surface area contributed by atoms with Gasteiger partial charge in [-0.15, -0.1) is 11.3 Å². The zero-order valence-corrected chi connectivity index (χ0v) is 19.8. The Labute approximate surface area is 198 Å². The van der Waals surface area contributed by atoms with Crippen molar-refractivity contribution in [1.29, 1.82) is 0 Å². The van der Waals surface area contributed by atoms with Crippen LogP contribution in [0.3, 0.4) is 0 Å². The molecule has 4 aromatic rings. The van der Waals surface area contributed by atoms with Crippen molar-refractivity contribution >= 4 is 39.0 Å². The number of aromatic nitrogens is 3. The molecule has 172 valence electrons. The largest absolute Gasteiger partial charge is 0.399 e. The molecule has 33 heavy (non-hydrogen) atoms. The summed E-state index contributed by atoms with van der Waals surface area (Å²) in [6.07, 6.45) is 1.81. The van der Waals surface area contributed by atoms with Crippen LogP contribution in [0.25, 0.3) is 20.8 Å². The molecule has 0 radical (unpaired) electrons. The average Bonchev–Trinajstić information content (AvgIpc) is 3.24. The maximum Gasteiger partial charge on any atom is 0.225 e. The first kappa shape index (κ1) is 22.9. The molecule has 8 heteroatoms. The summed E-state index contributed by atoms with van der Waals surface area (Å²) < 4.78 is 1.13. The van der Waals surface area contributed by atoms with Gasteiger partial charge in [-0.05, 0) is 49.1 Å². The summed E-state index contributed by atoms with van der Waals surface area (Å²) in [6.45, 7) is 5.57. The van der Waals surface area contributed by atoms with E-state index >= 15 is 0 Å². The predicted octanol–water partition coefficient (Wildman–Crippen LogP) is 5.08. The summed E-state index contributed by atoms with van der Waals surface area (Å²) in [5.74, 6) is 1.58. The minimum absolute atomic E-state index is 0.193. The maximum atomic E-state index is 9.54. The van der Waals surface area contributed by atoms with Gasteiger partial charge in [-0.2, -0.15) is 4.98 Å². The van der Waals surface area contributed by atoms with Crippen molar-refractivity contribution < 1.29 is 5.11 Å². The van der Waals surface area contributed by atoms with Crippen molar-refractivity contribution in [2.75, 3.05) is 29.5 Å². The Bertz CT molecular complexity index is 1190. The lowest BCUT2D eigenvalue weighted by molar-refractivity contribution is 0.217. The van der Waals surface area contributed by atoms with Crippen LogP contribution in [0, 0.1) is 12.8 Å². The molecular formula is C25H30N6OS. The Kier molecular flexibility index (Phi) is 7.36. The van der Waals surface area contributed by atoms with Gasteiger partial charge in [-0.3, -0.25) is 0 Å². The third-order valence-corrected chi connectivity index (χ3v) is 6.73. The number of nitrogens with zero attached hydrogens (tertiary/aromatic N) is 3. The topological polar surface area (TPSA) is 109 Å². The van der Waals surface area contributed by atoms with E-state index in [9.17, 15) is 5.11 Å². The summed E-state index contributed by atoms with van der Waals surface area (Å²) in [5.41, 5.74) is 10.4. The van der Waals surface area contributed by atoms with Crippen LogP contribution in [-0.2, 0) is 6.54 Å². The van der Waals surface area contributed by atoms with Crippen molar-refractivity contribution in [3.05, 3.63) is 59.8 Å². The van der Waals surface area contributed by atoms with Crippen LogP contribution in [0.2, 0.25) is 0 Å². The van der Waals surface area contributed by atoms with E-state index < -0.39 is 0 Å². The number of aliphatic hydroxyl groups excluding tert-OH is 1.